The number of benzene rings is 7. The Bertz CT molecular complexity index is 2170. The molecule has 42 heavy (non-hydrogen) atoms. The van der Waals surface area contributed by atoms with Gasteiger partial charge in [-0.1, -0.05) is 140 Å². The third-order valence-electron chi connectivity index (χ3n) is 8.36. The Morgan fingerprint density at radius 3 is 1.45 bits per heavy atom. The zero-order valence-electron chi connectivity index (χ0n) is 23.0. The second kappa shape index (κ2) is 10.1. The lowest BCUT2D eigenvalue weighted by Crippen LogP contribution is -1.92. The fraction of sp³-hybridized carbons (Fsp3) is 0. The predicted octanol–water partition coefficient (Wildman–Crippen LogP) is 11.2. The van der Waals surface area contributed by atoms with Crippen LogP contribution in [0.25, 0.3) is 76.8 Å². The zero-order chi connectivity index (χ0) is 27.9. The van der Waals surface area contributed by atoms with Gasteiger partial charge in [-0.2, -0.15) is 0 Å². The monoisotopic (exact) mass is 533 g/mol. The number of hydrogen-bond acceptors (Lipinski definition) is 1. The fourth-order valence-corrected chi connectivity index (χ4v) is 6.50. The summed E-state index contributed by atoms with van der Waals surface area (Å²) in [5.74, 6) is 0. The van der Waals surface area contributed by atoms with E-state index >= 15 is 0 Å². The van der Waals surface area contributed by atoms with E-state index in [9.17, 15) is 0 Å². The lowest BCUT2D eigenvalue weighted by molar-refractivity contribution is 1.33. The van der Waals surface area contributed by atoms with Crippen molar-refractivity contribution in [3.05, 3.63) is 164 Å². The summed E-state index contributed by atoms with van der Waals surface area (Å²) in [4.78, 5) is 4.36. The molecule has 0 bridgehead atoms. The van der Waals surface area contributed by atoms with E-state index in [0.29, 0.717) is 0 Å². The molecule has 1 aromatic heterocycles. The van der Waals surface area contributed by atoms with Gasteiger partial charge in [0, 0.05) is 18.0 Å². The van der Waals surface area contributed by atoms with Crippen molar-refractivity contribution >= 4 is 32.3 Å². The normalized spacial score (nSPS) is 11.3. The van der Waals surface area contributed by atoms with E-state index in [1.807, 2.05) is 18.5 Å². The van der Waals surface area contributed by atoms with Crippen LogP contribution in [-0.4, -0.2) is 4.98 Å². The van der Waals surface area contributed by atoms with Crippen LogP contribution in [0.15, 0.2) is 164 Å². The summed E-state index contributed by atoms with van der Waals surface area (Å²) in [6.45, 7) is 0. The molecular weight excluding hydrogens is 506 g/mol. The van der Waals surface area contributed by atoms with E-state index < -0.39 is 0 Å². The molecule has 1 heterocycles. The van der Waals surface area contributed by atoms with Crippen molar-refractivity contribution in [1.82, 2.24) is 4.98 Å². The number of aromatic nitrogens is 1. The Morgan fingerprint density at radius 1 is 0.310 bits per heavy atom. The van der Waals surface area contributed by atoms with Crippen molar-refractivity contribution in [2.45, 2.75) is 0 Å². The molecule has 196 valence electrons. The fourth-order valence-electron chi connectivity index (χ4n) is 6.50. The maximum absolute atomic E-state index is 4.36. The minimum Gasteiger partial charge on any atom is -0.264 e. The van der Waals surface area contributed by atoms with Gasteiger partial charge >= 0.3 is 0 Å². The molecule has 0 fully saturated rings. The van der Waals surface area contributed by atoms with Gasteiger partial charge in [0.1, 0.15) is 0 Å². The Labute approximate surface area is 245 Å². The molecule has 0 saturated heterocycles. The Balaban J connectivity index is 1.44. The summed E-state index contributed by atoms with van der Waals surface area (Å²) in [6.07, 6.45) is 3.76. The molecule has 0 amide bonds. The largest absolute Gasteiger partial charge is 0.264 e. The van der Waals surface area contributed by atoms with Gasteiger partial charge in [-0.05, 0) is 83.4 Å². The van der Waals surface area contributed by atoms with Gasteiger partial charge in [0.25, 0.3) is 0 Å². The highest BCUT2D eigenvalue weighted by atomic mass is 14.6. The first-order valence-corrected chi connectivity index (χ1v) is 14.4. The van der Waals surface area contributed by atoms with Crippen LogP contribution in [0.4, 0.5) is 0 Å². The van der Waals surface area contributed by atoms with E-state index in [4.69, 9.17) is 0 Å². The molecule has 0 saturated carbocycles. The molecule has 0 aliphatic carbocycles. The van der Waals surface area contributed by atoms with Crippen molar-refractivity contribution < 1.29 is 0 Å². The molecule has 8 rings (SSSR count). The average Bonchev–Trinajstić information content (AvgIpc) is 3.07. The minimum absolute atomic E-state index is 1.12. The standard InChI is InChI=1S/C41H27N/c1-2-12-28(13-3-1)32-23-24-39(34-18-5-4-17-33(32)34)41-37-21-8-6-19-35(37)40(36-20-7-9-22-38(36)41)30-15-10-14-29(26-30)31-16-11-25-42-27-31/h1-27H. The van der Waals surface area contributed by atoms with Crippen LogP contribution in [0.2, 0.25) is 0 Å². The van der Waals surface area contributed by atoms with E-state index in [-0.39, 0.29) is 0 Å². The van der Waals surface area contributed by atoms with E-state index in [1.54, 1.807) is 0 Å². The summed E-state index contributed by atoms with van der Waals surface area (Å²) in [6, 6.07) is 54.9. The number of nitrogens with zero attached hydrogens (tertiary/aromatic N) is 1. The molecule has 1 heteroatoms. The maximum Gasteiger partial charge on any atom is 0.0346 e. The van der Waals surface area contributed by atoms with Crippen molar-refractivity contribution in [3.63, 3.8) is 0 Å². The van der Waals surface area contributed by atoms with Gasteiger partial charge in [-0.3, -0.25) is 4.98 Å². The van der Waals surface area contributed by atoms with Crippen molar-refractivity contribution in [1.29, 1.82) is 0 Å². The SMILES string of the molecule is c1ccc(-c2ccc(-c3c4ccccc4c(-c4cccc(-c5cccnc5)c4)c4ccccc34)c3ccccc23)cc1. The van der Waals surface area contributed by atoms with Crippen molar-refractivity contribution in [3.8, 4) is 44.5 Å². The van der Waals surface area contributed by atoms with Gasteiger partial charge in [0.15, 0.2) is 0 Å². The topological polar surface area (TPSA) is 12.9 Å². The highest BCUT2D eigenvalue weighted by molar-refractivity contribution is 6.24. The summed E-state index contributed by atoms with van der Waals surface area (Å²) in [7, 11) is 0. The lowest BCUT2D eigenvalue weighted by Gasteiger charge is -2.20. The molecule has 8 aromatic rings. The Hall–Kier alpha value is -5.53. The minimum atomic E-state index is 1.12. The summed E-state index contributed by atoms with van der Waals surface area (Å²) in [5.41, 5.74) is 9.79. The molecule has 0 spiro atoms. The second-order valence-electron chi connectivity index (χ2n) is 10.7. The Kier molecular flexibility index (Phi) is 5.86. The number of fused-ring (bicyclic) bond motifs is 3. The summed E-state index contributed by atoms with van der Waals surface area (Å²) < 4.78 is 0. The van der Waals surface area contributed by atoms with Gasteiger partial charge in [-0.25, -0.2) is 0 Å². The molecule has 0 radical (unpaired) electrons. The van der Waals surface area contributed by atoms with Gasteiger partial charge in [0.2, 0.25) is 0 Å². The van der Waals surface area contributed by atoms with Crippen molar-refractivity contribution in [2.24, 2.45) is 0 Å². The van der Waals surface area contributed by atoms with Gasteiger partial charge < -0.3 is 0 Å². The van der Waals surface area contributed by atoms with E-state index in [1.165, 1.54) is 71.3 Å². The smallest absolute Gasteiger partial charge is 0.0346 e. The van der Waals surface area contributed by atoms with Crippen LogP contribution >= 0.6 is 0 Å². The molecule has 0 atom stereocenters. The average molecular weight is 534 g/mol. The Morgan fingerprint density at radius 2 is 0.810 bits per heavy atom. The number of hydrogen-bond donors (Lipinski definition) is 0. The van der Waals surface area contributed by atoms with Crippen molar-refractivity contribution in [2.75, 3.05) is 0 Å². The van der Waals surface area contributed by atoms with Gasteiger partial charge in [-0.15, -0.1) is 0 Å². The van der Waals surface area contributed by atoms with E-state index in [2.05, 4.69) is 151 Å². The summed E-state index contributed by atoms with van der Waals surface area (Å²) >= 11 is 0. The molecular formula is C41H27N. The van der Waals surface area contributed by atoms with Crippen LogP contribution in [0.5, 0.6) is 0 Å². The third-order valence-corrected chi connectivity index (χ3v) is 8.36. The zero-order valence-corrected chi connectivity index (χ0v) is 23.0. The molecule has 7 aromatic carbocycles. The molecule has 1 nitrogen and oxygen atoms in total. The molecule has 0 aliphatic heterocycles. The summed E-state index contributed by atoms with van der Waals surface area (Å²) in [5, 5.41) is 7.56. The first-order valence-electron chi connectivity index (χ1n) is 14.4. The second-order valence-corrected chi connectivity index (χ2v) is 10.7. The van der Waals surface area contributed by atoms with E-state index in [0.717, 1.165) is 5.56 Å². The van der Waals surface area contributed by atoms with Gasteiger partial charge in [0.05, 0.1) is 0 Å². The third kappa shape index (κ3) is 3.98. The predicted molar refractivity (Wildman–Crippen MR) is 178 cm³/mol. The highest BCUT2D eigenvalue weighted by Crippen LogP contribution is 2.46. The number of pyridine rings is 1. The van der Waals surface area contributed by atoms with Crippen LogP contribution < -0.4 is 0 Å². The van der Waals surface area contributed by atoms with Crippen LogP contribution in [0, 0.1) is 0 Å². The van der Waals surface area contributed by atoms with Crippen LogP contribution in [-0.2, 0) is 0 Å². The molecule has 0 unspecified atom stereocenters. The first kappa shape index (κ1) is 24.3. The molecule has 0 aliphatic rings. The van der Waals surface area contributed by atoms with Crippen LogP contribution in [0.1, 0.15) is 0 Å². The highest BCUT2D eigenvalue weighted by Gasteiger charge is 2.19. The quantitative estimate of drug-likeness (QED) is 0.205. The van der Waals surface area contributed by atoms with Crippen LogP contribution in [0.3, 0.4) is 0 Å². The molecule has 0 N–H and O–H groups in total. The maximum atomic E-state index is 4.36. The lowest BCUT2D eigenvalue weighted by atomic mass is 9.83. The first-order chi connectivity index (χ1) is 20.9. The number of rotatable bonds is 4.